The Labute approximate surface area is 124 Å². The third-order valence-corrected chi connectivity index (χ3v) is 3.35. The van der Waals surface area contributed by atoms with Gasteiger partial charge in [-0.1, -0.05) is 11.6 Å². The highest BCUT2D eigenvalue weighted by atomic mass is 35.5. The second-order valence-electron chi connectivity index (χ2n) is 4.45. The monoisotopic (exact) mass is 305 g/mol. The van der Waals surface area contributed by atoms with E-state index in [9.17, 15) is 10.2 Å². The van der Waals surface area contributed by atoms with Crippen molar-refractivity contribution in [2.75, 3.05) is 5.73 Å². The number of ether oxygens (including phenoxy) is 1. The zero-order chi connectivity index (χ0) is 15.0. The average molecular weight is 306 g/mol. The number of aliphatic hydroxyl groups excluding tert-OH is 1. The van der Waals surface area contributed by atoms with E-state index in [0.29, 0.717) is 38.9 Å². The van der Waals surface area contributed by atoms with Gasteiger partial charge >= 0.3 is 0 Å². The lowest BCUT2D eigenvalue weighted by Gasteiger charge is -2.05. The summed E-state index contributed by atoms with van der Waals surface area (Å²) in [5.41, 5.74) is 7.52. The van der Waals surface area contributed by atoms with Crippen molar-refractivity contribution in [1.82, 2.24) is 9.97 Å². The van der Waals surface area contributed by atoms with Crippen LogP contribution in [0.25, 0.3) is 11.0 Å². The van der Waals surface area contributed by atoms with Gasteiger partial charge in [0.1, 0.15) is 5.75 Å². The fourth-order valence-electron chi connectivity index (χ4n) is 2.01. The minimum Gasteiger partial charge on any atom is -0.441 e. The molecule has 108 valence electrons. The summed E-state index contributed by atoms with van der Waals surface area (Å²) < 4.78 is 5.64. The van der Waals surface area contributed by atoms with E-state index in [1.807, 2.05) is 0 Å². The number of pyridine rings is 1. The van der Waals surface area contributed by atoms with Gasteiger partial charge in [-0.15, -0.1) is 0 Å². The van der Waals surface area contributed by atoms with Crippen LogP contribution in [0.15, 0.2) is 36.5 Å². The van der Waals surface area contributed by atoms with E-state index in [1.54, 1.807) is 24.3 Å². The molecule has 1 aromatic carbocycles. The highest BCUT2D eigenvalue weighted by Crippen LogP contribution is 2.30. The normalized spacial score (nSPS) is 11.2. The molecule has 0 aliphatic rings. The fourth-order valence-corrected chi connectivity index (χ4v) is 2.12. The van der Waals surface area contributed by atoms with E-state index in [4.69, 9.17) is 22.1 Å². The van der Waals surface area contributed by atoms with E-state index in [-0.39, 0.29) is 0 Å². The summed E-state index contributed by atoms with van der Waals surface area (Å²) in [5.74, 6) is 0.918. The number of halogens is 1. The molecule has 2 heterocycles. The molecule has 0 spiro atoms. The molecule has 0 radical (unpaired) electrons. The molecule has 21 heavy (non-hydrogen) atoms. The van der Waals surface area contributed by atoms with Crippen LogP contribution in [0.3, 0.4) is 0 Å². The first-order valence-corrected chi connectivity index (χ1v) is 6.49. The number of aromatic nitrogens is 2. The van der Waals surface area contributed by atoms with Gasteiger partial charge in [0.15, 0.2) is 12.2 Å². The Morgan fingerprint density at radius 3 is 2.76 bits per heavy atom. The molecule has 0 unspecified atom stereocenters. The molecule has 0 saturated carbocycles. The zero-order valence-corrected chi connectivity index (χ0v) is 11.5. The minimum absolute atomic E-state index is 0.325. The number of fused-ring (bicyclic) bond motifs is 1. The van der Waals surface area contributed by atoms with Crippen LogP contribution in [0.1, 0.15) is 11.9 Å². The van der Waals surface area contributed by atoms with Gasteiger partial charge in [-0.2, -0.15) is 0 Å². The van der Waals surface area contributed by atoms with Crippen LogP contribution >= 0.6 is 11.6 Å². The van der Waals surface area contributed by atoms with Gasteiger partial charge in [0.05, 0.1) is 21.7 Å². The lowest BCUT2D eigenvalue weighted by atomic mass is 10.2. The van der Waals surface area contributed by atoms with E-state index < -0.39 is 6.29 Å². The SMILES string of the molecule is Nc1cc(Oc2cc3nccc(C(O)O)c3[nH]2)ccc1Cl. The topological polar surface area (TPSA) is 104 Å². The summed E-state index contributed by atoms with van der Waals surface area (Å²) in [6, 6.07) is 8.10. The highest BCUT2D eigenvalue weighted by molar-refractivity contribution is 6.33. The molecule has 0 fully saturated rings. The Bertz CT molecular complexity index is 801. The summed E-state index contributed by atoms with van der Waals surface area (Å²) in [5, 5.41) is 19.1. The number of nitrogens with two attached hydrogens (primary N) is 1. The Kier molecular flexibility index (Phi) is 3.42. The summed E-state index contributed by atoms with van der Waals surface area (Å²) in [6.45, 7) is 0. The second kappa shape index (κ2) is 5.25. The molecule has 3 aromatic rings. The second-order valence-corrected chi connectivity index (χ2v) is 4.86. The van der Waals surface area contributed by atoms with Crippen LogP contribution in [0.4, 0.5) is 5.69 Å². The van der Waals surface area contributed by atoms with E-state index >= 15 is 0 Å². The molecule has 7 heteroatoms. The van der Waals surface area contributed by atoms with Crippen LogP contribution in [0, 0.1) is 0 Å². The smallest absolute Gasteiger partial charge is 0.200 e. The summed E-state index contributed by atoms with van der Waals surface area (Å²) in [6.07, 6.45) is -0.0946. The Balaban J connectivity index is 1.97. The van der Waals surface area contributed by atoms with Crippen molar-refractivity contribution < 1.29 is 14.9 Å². The number of nitrogen functional groups attached to an aromatic ring is 1. The van der Waals surface area contributed by atoms with Gasteiger partial charge in [0.2, 0.25) is 0 Å². The van der Waals surface area contributed by atoms with Crippen molar-refractivity contribution in [3.05, 3.63) is 47.1 Å². The molecule has 0 bridgehead atoms. The van der Waals surface area contributed by atoms with Gasteiger partial charge in [-0.25, -0.2) is 0 Å². The number of H-pyrrole nitrogens is 1. The maximum atomic E-state index is 9.32. The molecule has 0 amide bonds. The molecule has 3 rings (SSSR count). The minimum atomic E-state index is -1.59. The number of rotatable bonds is 3. The van der Waals surface area contributed by atoms with Crippen LogP contribution in [-0.2, 0) is 0 Å². The van der Waals surface area contributed by atoms with Crippen molar-refractivity contribution in [3.63, 3.8) is 0 Å². The highest BCUT2D eigenvalue weighted by Gasteiger charge is 2.12. The molecular formula is C14H12ClN3O3. The molecular weight excluding hydrogens is 294 g/mol. The van der Waals surface area contributed by atoms with Crippen LogP contribution in [-0.4, -0.2) is 20.2 Å². The Morgan fingerprint density at radius 1 is 1.24 bits per heavy atom. The largest absolute Gasteiger partial charge is 0.441 e. The van der Waals surface area contributed by atoms with Gasteiger partial charge in [0, 0.05) is 23.9 Å². The van der Waals surface area contributed by atoms with Crippen molar-refractivity contribution >= 4 is 28.3 Å². The Morgan fingerprint density at radius 2 is 2.05 bits per heavy atom. The third kappa shape index (κ3) is 2.64. The van der Waals surface area contributed by atoms with Crippen LogP contribution < -0.4 is 10.5 Å². The lowest BCUT2D eigenvalue weighted by molar-refractivity contribution is -0.0414. The van der Waals surface area contributed by atoms with E-state index in [0.717, 1.165) is 0 Å². The third-order valence-electron chi connectivity index (χ3n) is 3.00. The fraction of sp³-hybridized carbons (Fsp3) is 0.0714. The summed E-state index contributed by atoms with van der Waals surface area (Å²) in [7, 11) is 0. The number of anilines is 1. The number of hydrogen-bond acceptors (Lipinski definition) is 5. The average Bonchev–Trinajstić information content (AvgIpc) is 2.84. The maximum absolute atomic E-state index is 9.32. The molecule has 2 aromatic heterocycles. The molecule has 0 aliphatic carbocycles. The first-order chi connectivity index (χ1) is 10.0. The van der Waals surface area contributed by atoms with Gasteiger partial charge in [0.25, 0.3) is 0 Å². The summed E-state index contributed by atoms with van der Waals surface area (Å²) >= 11 is 5.85. The van der Waals surface area contributed by atoms with Crippen molar-refractivity contribution in [1.29, 1.82) is 0 Å². The number of aliphatic hydroxyl groups is 2. The van der Waals surface area contributed by atoms with Gasteiger partial charge in [-0.05, 0) is 18.2 Å². The number of nitrogens with zero attached hydrogens (tertiary/aromatic N) is 1. The first-order valence-electron chi connectivity index (χ1n) is 6.11. The number of benzene rings is 1. The maximum Gasteiger partial charge on any atom is 0.200 e. The van der Waals surface area contributed by atoms with Crippen molar-refractivity contribution in [2.45, 2.75) is 6.29 Å². The zero-order valence-electron chi connectivity index (χ0n) is 10.7. The standard InChI is InChI=1S/C14H12ClN3O3/c15-9-2-1-7(5-10(9)16)21-12-6-11-13(18-12)8(14(19)20)3-4-17-11/h1-6,14,18-20H,16H2. The number of nitrogens with one attached hydrogen (secondary N) is 1. The molecule has 5 N–H and O–H groups in total. The van der Waals surface area contributed by atoms with Gasteiger partial charge < -0.3 is 25.7 Å². The lowest BCUT2D eigenvalue weighted by Crippen LogP contribution is -1.96. The summed E-state index contributed by atoms with van der Waals surface area (Å²) in [4.78, 5) is 7.09. The number of aromatic amines is 1. The Hall–Kier alpha value is -2.28. The van der Waals surface area contributed by atoms with E-state index in [2.05, 4.69) is 9.97 Å². The molecule has 0 atom stereocenters. The van der Waals surface area contributed by atoms with Crippen LogP contribution in [0.5, 0.6) is 11.6 Å². The van der Waals surface area contributed by atoms with Crippen molar-refractivity contribution in [3.8, 4) is 11.6 Å². The van der Waals surface area contributed by atoms with Gasteiger partial charge in [-0.3, -0.25) is 4.98 Å². The quantitative estimate of drug-likeness (QED) is 0.440. The van der Waals surface area contributed by atoms with E-state index in [1.165, 1.54) is 12.3 Å². The predicted molar refractivity (Wildman–Crippen MR) is 79.2 cm³/mol. The molecule has 0 saturated heterocycles. The predicted octanol–water partition coefficient (Wildman–Crippen LogP) is 2.57. The molecule has 0 aliphatic heterocycles. The molecule has 6 nitrogen and oxygen atoms in total. The van der Waals surface area contributed by atoms with Crippen LogP contribution in [0.2, 0.25) is 5.02 Å². The number of hydrogen-bond donors (Lipinski definition) is 4. The first kappa shape index (κ1) is 13.7. The van der Waals surface area contributed by atoms with Crippen molar-refractivity contribution in [2.24, 2.45) is 0 Å².